The lowest BCUT2D eigenvalue weighted by Crippen LogP contribution is -2.41. The number of hydrogen-bond acceptors (Lipinski definition) is 8. The van der Waals surface area contributed by atoms with E-state index in [1.165, 1.54) is 22.7 Å². The zero-order valence-electron chi connectivity index (χ0n) is 21.4. The van der Waals surface area contributed by atoms with Crippen molar-refractivity contribution in [3.8, 4) is 11.1 Å². The average molecular weight is 539 g/mol. The van der Waals surface area contributed by atoms with E-state index < -0.39 is 0 Å². The number of aromatic nitrogens is 8. The summed E-state index contributed by atoms with van der Waals surface area (Å²) in [4.78, 5) is 41.2. The van der Waals surface area contributed by atoms with Gasteiger partial charge in [0.05, 0.1) is 17.1 Å². The van der Waals surface area contributed by atoms with Crippen molar-refractivity contribution < 1.29 is 9.18 Å². The summed E-state index contributed by atoms with van der Waals surface area (Å²) in [6, 6.07) is 9.18. The van der Waals surface area contributed by atoms with Gasteiger partial charge in [0.2, 0.25) is 5.82 Å². The van der Waals surface area contributed by atoms with E-state index in [-0.39, 0.29) is 29.1 Å². The number of amides is 1. The number of H-pyrrole nitrogens is 1. The van der Waals surface area contributed by atoms with Crippen molar-refractivity contribution >= 4 is 39.3 Å². The summed E-state index contributed by atoms with van der Waals surface area (Å²) >= 11 is 0. The maximum atomic E-state index is 13.9. The van der Waals surface area contributed by atoms with E-state index in [1.807, 2.05) is 6.07 Å². The first-order chi connectivity index (χ1) is 19.4. The molecule has 200 valence electrons. The number of carbonyl (C=O) groups excluding carboxylic acids is 1. The van der Waals surface area contributed by atoms with Crippen molar-refractivity contribution in [2.75, 3.05) is 18.8 Å². The van der Waals surface area contributed by atoms with Gasteiger partial charge in [-0.25, -0.2) is 14.4 Å². The van der Waals surface area contributed by atoms with Crippen molar-refractivity contribution in [2.45, 2.75) is 25.8 Å². The van der Waals surface area contributed by atoms with E-state index >= 15 is 0 Å². The molecule has 0 aliphatic carbocycles. The van der Waals surface area contributed by atoms with Crippen molar-refractivity contribution in [3.05, 3.63) is 76.6 Å². The van der Waals surface area contributed by atoms with Crippen molar-refractivity contribution in [3.63, 3.8) is 0 Å². The molecule has 6 aromatic rings. The van der Waals surface area contributed by atoms with Gasteiger partial charge in [0.15, 0.2) is 5.65 Å². The monoisotopic (exact) mass is 538 g/mol. The zero-order valence-corrected chi connectivity index (χ0v) is 21.4. The number of nitrogens with two attached hydrogens (primary N) is 1. The van der Waals surface area contributed by atoms with Crippen LogP contribution in [0.2, 0.25) is 0 Å². The predicted octanol–water partition coefficient (Wildman–Crippen LogP) is 2.88. The minimum atomic E-state index is -0.354. The lowest BCUT2D eigenvalue weighted by atomic mass is 10.0. The Morgan fingerprint density at radius 2 is 1.90 bits per heavy atom. The number of hydrogen-bond donors (Lipinski definition) is 2. The lowest BCUT2D eigenvalue weighted by Gasteiger charge is -2.32. The summed E-state index contributed by atoms with van der Waals surface area (Å²) in [5.74, 6) is 0.445. The Bertz CT molecular complexity index is 2020. The molecule has 1 aliphatic rings. The summed E-state index contributed by atoms with van der Waals surface area (Å²) < 4.78 is 17.1. The van der Waals surface area contributed by atoms with Crippen molar-refractivity contribution in [1.29, 1.82) is 0 Å². The number of anilines is 1. The van der Waals surface area contributed by atoms with Gasteiger partial charge in [-0.05, 0) is 50.1 Å². The van der Waals surface area contributed by atoms with Crippen LogP contribution in [-0.4, -0.2) is 63.2 Å². The largest absolute Gasteiger partial charge is 0.383 e. The molecule has 5 aromatic heterocycles. The summed E-state index contributed by atoms with van der Waals surface area (Å²) in [5.41, 5.74) is 9.23. The number of rotatable bonds is 3. The first-order valence-electron chi connectivity index (χ1n) is 12.8. The van der Waals surface area contributed by atoms with Gasteiger partial charge in [-0.3, -0.25) is 24.2 Å². The van der Waals surface area contributed by atoms with Gasteiger partial charge in [-0.2, -0.15) is 9.61 Å². The number of halogens is 1. The fraction of sp³-hybridized carbons (Fsp3) is 0.222. The molecule has 0 atom stereocenters. The predicted molar refractivity (Wildman–Crippen MR) is 145 cm³/mol. The highest BCUT2D eigenvalue weighted by Crippen LogP contribution is 2.31. The minimum Gasteiger partial charge on any atom is -0.383 e. The van der Waals surface area contributed by atoms with Crippen LogP contribution in [0, 0.1) is 12.7 Å². The van der Waals surface area contributed by atoms with Crippen LogP contribution in [0.15, 0.2) is 53.6 Å². The van der Waals surface area contributed by atoms with E-state index in [1.54, 1.807) is 40.9 Å². The maximum absolute atomic E-state index is 13.9. The summed E-state index contributed by atoms with van der Waals surface area (Å²) in [7, 11) is 0. The first kappa shape index (κ1) is 23.9. The molecular weight excluding hydrogens is 515 g/mol. The smallest absolute Gasteiger partial charge is 0.293 e. The standard InChI is InChI=1S/C27H23FN10O2/c1-14-32-24(35-34-14)27(40)36-8-6-18(7-9-36)37-22(39)5-3-19-23(29)38-26(33-25(19)37)20(13-31-38)16-10-15-11-17(28)2-4-21(15)30-12-16/h2-5,10-13,18H,6-9,29H2,1H3,(H,32,34,35). The average Bonchev–Trinajstić information content (AvgIpc) is 3.59. The third-order valence-corrected chi connectivity index (χ3v) is 7.42. The number of fused-ring (bicyclic) bond motifs is 3. The molecule has 0 radical (unpaired) electrons. The molecule has 0 saturated carbocycles. The second-order valence-electron chi connectivity index (χ2n) is 9.90. The van der Waals surface area contributed by atoms with Crippen LogP contribution >= 0.6 is 0 Å². The zero-order chi connectivity index (χ0) is 27.5. The molecule has 0 unspecified atom stereocenters. The van der Waals surface area contributed by atoms with E-state index in [2.05, 4.69) is 25.3 Å². The van der Waals surface area contributed by atoms with Crippen LogP contribution in [0.4, 0.5) is 10.2 Å². The van der Waals surface area contributed by atoms with Crippen LogP contribution in [-0.2, 0) is 0 Å². The third-order valence-electron chi connectivity index (χ3n) is 7.42. The Labute approximate surface area is 225 Å². The molecule has 1 amide bonds. The van der Waals surface area contributed by atoms with E-state index in [0.717, 1.165) is 0 Å². The topological polar surface area (TPSA) is 153 Å². The number of piperidine rings is 1. The van der Waals surface area contributed by atoms with Crippen LogP contribution in [0.5, 0.6) is 0 Å². The van der Waals surface area contributed by atoms with Crippen molar-refractivity contribution in [2.24, 2.45) is 0 Å². The molecule has 1 saturated heterocycles. The molecular formula is C27H23FN10O2. The number of pyridine rings is 2. The van der Waals surface area contributed by atoms with Gasteiger partial charge >= 0.3 is 0 Å². The number of aromatic amines is 1. The minimum absolute atomic E-state index is 0.134. The third kappa shape index (κ3) is 3.77. The molecule has 1 aromatic carbocycles. The lowest BCUT2D eigenvalue weighted by molar-refractivity contribution is 0.0683. The fourth-order valence-electron chi connectivity index (χ4n) is 5.41. The van der Waals surface area contributed by atoms with Gasteiger partial charge in [0.1, 0.15) is 23.1 Å². The first-order valence-corrected chi connectivity index (χ1v) is 12.8. The SMILES string of the molecule is Cc1nc(C(=O)N2CCC(n3c(=O)ccc4c(N)n5ncc(-c6cnc7ccc(F)cc7c6)c5nc43)CC2)n[nH]1. The highest BCUT2D eigenvalue weighted by atomic mass is 19.1. The molecule has 40 heavy (non-hydrogen) atoms. The molecule has 12 nitrogen and oxygen atoms in total. The Kier molecular flexibility index (Phi) is 5.33. The van der Waals surface area contributed by atoms with Crippen molar-refractivity contribution in [1.82, 2.24) is 44.2 Å². The number of benzene rings is 1. The van der Waals surface area contributed by atoms with Crippen LogP contribution < -0.4 is 11.3 Å². The molecule has 6 heterocycles. The van der Waals surface area contributed by atoms with E-state index in [9.17, 15) is 14.0 Å². The Morgan fingerprint density at radius 1 is 1.07 bits per heavy atom. The highest BCUT2D eigenvalue weighted by Gasteiger charge is 2.28. The second kappa shape index (κ2) is 8.93. The number of likely N-dealkylation sites (tertiary alicyclic amines) is 1. The molecule has 1 aliphatic heterocycles. The quantitative estimate of drug-likeness (QED) is 0.349. The molecule has 0 bridgehead atoms. The summed E-state index contributed by atoms with van der Waals surface area (Å²) in [5, 5.41) is 12.4. The molecule has 7 rings (SSSR count). The Hall–Kier alpha value is -5.20. The number of nitrogens with zero attached hydrogens (tertiary/aromatic N) is 8. The maximum Gasteiger partial charge on any atom is 0.293 e. The van der Waals surface area contributed by atoms with Crippen LogP contribution in [0.3, 0.4) is 0 Å². The molecule has 1 fully saturated rings. The normalized spacial score (nSPS) is 14.5. The number of nitrogen functional groups attached to an aromatic ring is 1. The van der Waals surface area contributed by atoms with Gasteiger partial charge in [0, 0.05) is 47.9 Å². The Morgan fingerprint density at radius 3 is 2.67 bits per heavy atom. The summed E-state index contributed by atoms with van der Waals surface area (Å²) in [6.45, 7) is 2.62. The van der Waals surface area contributed by atoms with Gasteiger partial charge < -0.3 is 10.6 Å². The molecule has 13 heteroatoms. The van der Waals surface area contributed by atoms with Gasteiger partial charge in [-0.1, -0.05) is 0 Å². The Balaban J connectivity index is 1.29. The van der Waals surface area contributed by atoms with Crippen LogP contribution in [0.1, 0.15) is 35.3 Å². The molecule has 3 N–H and O–H groups in total. The molecule has 0 spiro atoms. The number of nitrogens with one attached hydrogen (secondary N) is 1. The van der Waals surface area contributed by atoms with E-state index in [0.29, 0.717) is 76.3 Å². The second-order valence-corrected chi connectivity index (χ2v) is 9.90. The fourth-order valence-corrected chi connectivity index (χ4v) is 5.41. The van der Waals surface area contributed by atoms with Gasteiger partial charge in [0.25, 0.3) is 11.5 Å². The van der Waals surface area contributed by atoms with Gasteiger partial charge in [-0.15, -0.1) is 5.10 Å². The van der Waals surface area contributed by atoms with E-state index in [4.69, 9.17) is 10.7 Å². The highest BCUT2D eigenvalue weighted by molar-refractivity contribution is 5.93. The number of carbonyl (C=O) groups is 1. The van der Waals surface area contributed by atoms with Crippen LogP contribution in [0.25, 0.3) is 38.7 Å². The number of aryl methyl sites for hydroxylation is 1. The summed E-state index contributed by atoms with van der Waals surface area (Å²) in [6.07, 6.45) is 4.41.